The summed E-state index contributed by atoms with van der Waals surface area (Å²) in [7, 11) is 2.04. The van der Waals surface area contributed by atoms with Gasteiger partial charge in [-0.25, -0.2) is 4.58 Å². The predicted molar refractivity (Wildman–Crippen MR) is 104 cm³/mol. The minimum absolute atomic E-state index is 0. The average Bonchev–Trinajstić information content (AvgIpc) is 2.54. The van der Waals surface area contributed by atoms with Gasteiger partial charge in [-0.3, -0.25) is 0 Å². The molecule has 0 aliphatic rings. The van der Waals surface area contributed by atoms with Crippen LogP contribution in [0.15, 0.2) is 12.2 Å². The van der Waals surface area contributed by atoms with Crippen molar-refractivity contribution < 1.29 is 22.1 Å². The SMILES string of the molecule is CCCCCCCC/C=C\CCCCCCCC[N+](C)=CCO.[Cl-]. The second-order valence-electron chi connectivity index (χ2n) is 6.78. The number of halogens is 1. The van der Waals surface area contributed by atoms with Crippen LogP contribution in [-0.4, -0.2) is 36.1 Å². The summed E-state index contributed by atoms with van der Waals surface area (Å²) >= 11 is 0. The molecule has 1 N–H and O–H groups in total. The first-order chi connectivity index (χ1) is 11.3. The van der Waals surface area contributed by atoms with Crippen LogP contribution in [0.3, 0.4) is 0 Å². The minimum atomic E-state index is 0. The summed E-state index contributed by atoms with van der Waals surface area (Å²) in [5.41, 5.74) is 0. The fraction of sp³-hybridized carbons (Fsp3) is 0.857. The van der Waals surface area contributed by atoms with Crippen molar-refractivity contribution in [2.75, 3.05) is 20.2 Å². The lowest BCUT2D eigenvalue weighted by atomic mass is 10.1. The third-order valence-corrected chi connectivity index (χ3v) is 4.42. The number of nitrogens with zero attached hydrogens (tertiary/aromatic N) is 1. The number of hydrogen-bond donors (Lipinski definition) is 1. The van der Waals surface area contributed by atoms with Crippen molar-refractivity contribution >= 4 is 6.21 Å². The van der Waals surface area contributed by atoms with E-state index in [0.29, 0.717) is 0 Å². The zero-order valence-electron chi connectivity index (χ0n) is 16.3. The van der Waals surface area contributed by atoms with Crippen LogP contribution in [0.1, 0.15) is 96.8 Å². The van der Waals surface area contributed by atoms with Crippen LogP contribution in [0.4, 0.5) is 0 Å². The maximum Gasteiger partial charge on any atom is 0.165 e. The van der Waals surface area contributed by atoms with E-state index >= 15 is 0 Å². The number of hydrogen-bond acceptors (Lipinski definition) is 1. The van der Waals surface area contributed by atoms with E-state index in [-0.39, 0.29) is 19.0 Å². The van der Waals surface area contributed by atoms with Gasteiger partial charge in [0, 0.05) is 6.42 Å². The Labute approximate surface area is 157 Å². The molecule has 0 aromatic carbocycles. The zero-order chi connectivity index (χ0) is 17.0. The molecule has 0 saturated carbocycles. The van der Waals surface area contributed by atoms with Gasteiger partial charge in [-0.15, -0.1) is 0 Å². The van der Waals surface area contributed by atoms with Crippen molar-refractivity contribution in [3.63, 3.8) is 0 Å². The van der Waals surface area contributed by atoms with Gasteiger partial charge in [0.05, 0.1) is 0 Å². The monoisotopic (exact) mass is 359 g/mol. The molecule has 0 aliphatic heterocycles. The van der Waals surface area contributed by atoms with Gasteiger partial charge in [0.1, 0.15) is 20.2 Å². The van der Waals surface area contributed by atoms with E-state index in [2.05, 4.69) is 23.7 Å². The smallest absolute Gasteiger partial charge is 0.165 e. The summed E-state index contributed by atoms with van der Waals surface area (Å²) in [5.74, 6) is 0. The molecule has 0 fully saturated rings. The molecule has 0 rings (SSSR count). The van der Waals surface area contributed by atoms with Crippen LogP contribution in [0.25, 0.3) is 0 Å². The summed E-state index contributed by atoms with van der Waals surface area (Å²) in [6, 6.07) is 0. The topological polar surface area (TPSA) is 23.2 Å². The second kappa shape index (κ2) is 22.7. The number of rotatable bonds is 17. The molecule has 0 heterocycles. The molecule has 0 atom stereocenters. The lowest BCUT2D eigenvalue weighted by Gasteiger charge is -2.00. The highest BCUT2D eigenvalue weighted by Crippen LogP contribution is 2.09. The van der Waals surface area contributed by atoms with Crippen molar-refractivity contribution in [1.29, 1.82) is 0 Å². The number of aliphatic hydroxyl groups excluding tert-OH is 1. The summed E-state index contributed by atoms with van der Waals surface area (Å²) in [4.78, 5) is 0. The van der Waals surface area contributed by atoms with Crippen LogP contribution in [0, 0.1) is 0 Å². The summed E-state index contributed by atoms with van der Waals surface area (Å²) in [6.45, 7) is 3.50. The Bertz CT molecular complexity index is 290. The van der Waals surface area contributed by atoms with Crippen molar-refractivity contribution in [1.82, 2.24) is 0 Å². The molecule has 0 amide bonds. The molecule has 0 bridgehead atoms. The van der Waals surface area contributed by atoms with Gasteiger partial charge >= 0.3 is 0 Å². The highest BCUT2D eigenvalue weighted by Gasteiger charge is 1.96. The molecule has 0 aromatic rings. The van der Waals surface area contributed by atoms with Gasteiger partial charge in [0.15, 0.2) is 6.21 Å². The Morgan fingerprint density at radius 1 is 0.708 bits per heavy atom. The molecule has 144 valence electrons. The molecule has 0 aliphatic carbocycles. The van der Waals surface area contributed by atoms with Gasteiger partial charge in [-0.2, -0.15) is 0 Å². The first-order valence-electron chi connectivity index (χ1n) is 10.1. The van der Waals surface area contributed by atoms with E-state index in [9.17, 15) is 0 Å². The number of aliphatic hydroxyl groups is 1. The lowest BCUT2D eigenvalue weighted by molar-refractivity contribution is -0.494. The first kappa shape index (κ1) is 25.9. The van der Waals surface area contributed by atoms with E-state index in [1.54, 1.807) is 0 Å². The van der Waals surface area contributed by atoms with Crippen LogP contribution < -0.4 is 12.4 Å². The maximum absolute atomic E-state index is 8.77. The lowest BCUT2D eigenvalue weighted by Crippen LogP contribution is -3.00. The number of unbranched alkanes of at least 4 members (excludes halogenated alkanes) is 12. The molecule has 0 spiro atoms. The summed E-state index contributed by atoms with van der Waals surface area (Å²) in [5, 5.41) is 8.77. The molecule has 3 heteroatoms. The third kappa shape index (κ3) is 21.7. The quantitative estimate of drug-likeness (QED) is 0.183. The average molecular weight is 360 g/mol. The fourth-order valence-electron chi connectivity index (χ4n) is 2.84. The first-order valence-corrected chi connectivity index (χ1v) is 10.1. The van der Waals surface area contributed by atoms with Crippen molar-refractivity contribution in [3.05, 3.63) is 12.2 Å². The molecule has 0 radical (unpaired) electrons. The van der Waals surface area contributed by atoms with E-state index in [4.69, 9.17) is 5.11 Å². The highest BCUT2D eigenvalue weighted by atomic mass is 35.5. The van der Waals surface area contributed by atoms with Gasteiger partial charge in [0.2, 0.25) is 0 Å². The largest absolute Gasteiger partial charge is 1.00 e. The zero-order valence-corrected chi connectivity index (χ0v) is 17.1. The molecule has 0 unspecified atom stereocenters. The fourth-order valence-corrected chi connectivity index (χ4v) is 2.84. The van der Waals surface area contributed by atoms with Gasteiger partial charge in [-0.05, 0) is 32.1 Å². The summed E-state index contributed by atoms with van der Waals surface area (Å²) < 4.78 is 2.09. The normalized spacial score (nSPS) is 11.9. The van der Waals surface area contributed by atoms with E-state index < -0.39 is 0 Å². The van der Waals surface area contributed by atoms with Gasteiger partial charge in [0.25, 0.3) is 0 Å². The second-order valence-corrected chi connectivity index (χ2v) is 6.78. The summed E-state index contributed by atoms with van der Waals surface area (Å²) in [6.07, 6.45) is 25.6. The van der Waals surface area contributed by atoms with Crippen LogP contribution in [0.5, 0.6) is 0 Å². The molecule has 24 heavy (non-hydrogen) atoms. The van der Waals surface area contributed by atoms with Crippen LogP contribution in [-0.2, 0) is 0 Å². The predicted octanol–water partition coefficient (Wildman–Crippen LogP) is 2.73. The van der Waals surface area contributed by atoms with Gasteiger partial charge in [-0.1, -0.05) is 70.4 Å². The maximum atomic E-state index is 8.77. The van der Waals surface area contributed by atoms with Crippen LogP contribution in [0.2, 0.25) is 0 Å². The highest BCUT2D eigenvalue weighted by molar-refractivity contribution is 5.51. The van der Waals surface area contributed by atoms with Crippen LogP contribution >= 0.6 is 0 Å². The molecular formula is C21H42ClNO. The van der Waals surface area contributed by atoms with Crippen molar-refractivity contribution in [3.8, 4) is 0 Å². The van der Waals surface area contributed by atoms with Gasteiger partial charge < -0.3 is 17.5 Å². The van der Waals surface area contributed by atoms with Crippen molar-refractivity contribution in [2.45, 2.75) is 96.8 Å². The van der Waals surface area contributed by atoms with E-state index in [0.717, 1.165) is 6.54 Å². The number of allylic oxidation sites excluding steroid dienone is 2. The Kier molecular flexibility index (Phi) is 24.4. The minimum Gasteiger partial charge on any atom is -1.00 e. The Hall–Kier alpha value is -0.340. The Morgan fingerprint density at radius 2 is 1.17 bits per heavy atom. The van der Waals surface area contributed by atoms with E-state index in [1.807, 2.05) is 13.3 Å². The molecular weight excluding hydrogens is 318 g/mol. The molecule has 2 nitrogen and oxygen atoms in total. The molecule has 0 saturated heterocycles. The third-order valence-electron chi connectivity index (χ3n) is 4.42. The Morgan fingerprint density at radius 3 is 1.67 bits per heavy atom. The van der Waals surface area contributed by atoms with E-state index in [1.165, 1.54) is 89.9 Å². The molecule has 0 aromatic heterocycles. The standard InChI is InChI=1S/C21H42NO.ClH/c1-3-4-5-6-7-8-9-10-11-12-13-14-15-16-17-18-19-22(2)20-21-23;/h10-11,20,23H,3-9,12-19,21H2,1-2H3;1H/q+1;/p-1/b11-10-,22-20?;. The Balaban J connectivity index is 0. The van der Waals surface area contributed by atoms with Crippen molar-refractivity contribution in [2.24, 2.45) is 0 Å².